The van der Waals surface area contributed by atoms with Crippen LogP contribution in [0.2, 0.25) is 0 Å². The fourth-order valence-corrected chi connectivity index (χ4v) is 2.41. The fourth-order valence-electron chi connectivity index (χ4n) is 2.41. The monoisotopic (exact) mass is 280 g/mol. The lowest BCUT2D eigenvalue weighted by Gasteiger charge is -2.36. The Balaban J connectivity index is 2.61. The molecule has 5 nitrogen and oxygen atoms in total. The minimum Gasteiger partial charge on any atom is -0.444 e. The van der Waals surface area contributed by atoms with E-state index >= 15 is 0 Å². The number of nitrogens with zero attached hydrogens (tertiary/aromatic N) is 2. The first-order valence-corrected chi connectivity index (χ1v) is 7.12. The van der Waals surface area contributed by atoms with Crippen LogP contribution in [0.3, 0.4) is 0 Å². The van der Waals surface area contributed by atoms with E-state index in [1.807, 2.05) is 33.8 Å². The minimum absolute atomic E-state index is 0.0384. The number of rotatable bonds is 3. The van der Waals surface area contributed by atoms with Crippen molar-refractivity contribution in [2.75, 3.05) is 13.1 Å². The standard InChI is InChI=1S/C15H24N2O3/c1-11(13(18)7-8-16)12-6-5-9-17(10-12)14(19)20-15(2,3)4/h11-12H,5-7,9-10H2,1-4H3. The quantitative estimate of drug-likeness (QED) is 0.797. The Morgan fingerprint density at radius 2 is 2.10 bits per heavy atom. The van der Waals surface area contributed by atoms with Gasteiger partial charge in [0.05, 0.1) is 12.5 Å². The molecule has 0 aliphatic carbocycles. The van der Waals surface area contributed by atoms with Crippen molar-refractivity contribution in [2.24, 2.45) is 11.8 Å². The van der Waals surface area contributed by atoms with Gasteiger partial charge in [-0.25, -0.2) is 4.79 Å². The third-order valence-electron chi connectivity index (χ3n) is 3.58. The van der Waals surface area contributed by atoms with Crippen LogP contribution in [-0.2, 0) is 9.53 Å². The zero-order valence-electron chi connectivity index (χ0n) is 12.8. The Labute approximate surface area is 120 Å². The Morgan fingerprint density at radius 1 is 1.45 bits per heavy atom. The van der Waals surface area contributed by atoms with Gasteiger partial charge < -0.3 is 9.64 Å². The van der Waals surface area contributed by atoms with Crippen LogP contribution in [0, 0.1) is 23.2 Å². The molecule has 112 valence electrons. The lowest BCUT2D eigenvalue weighted by atomic mass is 9.83. The van der Waals surface area contributed by atoms with Crippen LogP contribution in [0.5, 0.6) is 0 Å². The van der Waals surface area contributed by atoms with Gasteiger partial charge in [0.25, 0.3) is 0 Å². The van der Waals surface area contributed by atoms with Gasteiger partial charge in [0, 0.05) is 19.0 Å². The van der Waals surface area contributed by atoms with Crippen LogP contribution in [0.4, 0.5) is 4.79 Å². The molecule has 0 saturated carbocycles. The molecule has 5 heteroatoms. The molecule has 1 amide bonds. The summed E-state index contributed by atoms with van der Waals surface area (Å²) in [5.41, 5.74) is -0.508. The molecule has 20 heavy (non-hydrogen) atoms. The highest BCUT2D eigenvalue weighted by atomic mass is 16.6. The Kier molecular flexibility index (Phi) is 5.55. The lowest BCUT2D eigenvalue weighted by Crippen LogP contribution is -2.45. The van der Waals surface area contributed by atoms with Crippen molar-refractivity contribution >= 4 is 11.9 Å². The third-order valence-corrected chi connectivity index (χ3v) is 3.58. The van der Waals surface area contributed by atoms with Gasteiger partial charge in [-0.15, -0.1) is 0 Å². The first-order chi connectivity index (χ1) is 9.24. The van der Waals surface area contributed by atoms with Gasteiger partial charge in [0.15, 0.2) is 0 Å². The second-order valence-electron chi connectivity index (χ2n) is 6.42. The molecule has 1 saturated heterocycles. The number of nitriles is 1. The second kappa shape index (κ2) is 6.74. The van der Waals surface area contributed by atoms with Gasteiger partial charge in [-0.1, -0.05) is 6.92 Å². The van der Waals surface area contributed by atoms with E-state index in [2.05, 4.69) is 0 Å². The summed E-state index contributed by atoms with van der Waals surface area (Å²) in [5.74, 6) is -0.0967. The predicted molar refractivity (Wildman–Crippen MR) is 74.9 cm³/mol. The number of hydrogen-bond donors (Lipinski definition) is 0. The van der Waals surface area contributed by atoms with E-state index in [0.717, 1.165) is 12.8 Å². The number of piperidine rings is 1. The molecule has 0 bridgehead atoms. The van der Waals surface area contributed by atoms with Gasteiger partial charge >= 0.3 is 6.09 Å². The number of ether oxygens (including phenoxy) is 1. The van der Waals surface area contributed by atoms with Gasteiger partial charge in [-0.05, 0) is 39.5 Å². The maximum Gasteiger partial charge on any atom is 0.410 e. The molecule has 1 aliphatic heterocycles. The smallest absolute Gasteiger partial charge is 0.410 e. The van der Waals surface area contributed by atoms with Crippen LogP contribution < -0.4 is 0 Å². The third kappa shape index (κ3) is 4.84. The maximum atomic E-state index is 12.0. The SMILES string of the molecule is CC(C(=O)CC#N)C1CCCN(C(=O)OC(C)(C)C)C1. The molecule has 1 aliphatic rings. The minimum atomic E-state index is -0.508. The molecule has 0 spiro atoms. The van der Waals surface area contributed by atoms with Crippen molar-refractivity contribution in [2.45, 2.75) is 52.6 Å². The first-order valence-electron chi connectivity index (χ1n) is 7.12. The van der Waals surface area contributed by atoms with Gasteiger partial charge in [-0.3, -0.25) is 4.79 Å². The lowest BCUT2D eigenvalue weighted by molar-refractivity contribution is -0.123. The molecular formula is C15H24N2O3. The molecule has 1 rings (SSSR count). The van der Waals surface area contributed by atoms with E-state index in [1.54, 1.807) is 4.90 Å². The van der Waals surface area contributed by atoms with Gasteiger partial charge in [-0.2, -0.15) is 5.26 Å². The first kappa shape index (κ1) is 16.5. The van der Waals surface area contributed by atoms with E-state index in [4.69, 9.17) is 10.00 Å². The van der Waals surface area contributed by atoms with Crippen LogP contribution >= 0.6 is 0 Å². The number of amides is 1. The molecule has 0 aromatic heterocycles. The van der Waals surface area contributed by atoms with E-state index in [9.17, 15) is 9.59 Å². The highest BCUT2D eigenvalue weighted by Crippen LogP contribution is 2.26. The van der Waals surface area contributed by atoms with Gasteiger partial charge in [0.1, 0.15) is 11.4 Å². The number of carbonyl (C=O) groups is 2. The fraction of sp³-hybridized carbons (Fsp3) is 0.800. The molecule has 0 N–H and O–H groups in total. The van der Waals surface area contributed by atoms with E-state index in [0.29, 0.717) is 13.1 Å². The van der Waals surface area contributed by atoms with E-state index in [-0.39, 0.29) is 30.1 Å². The van der Waals surface area contributed by atoms with Crippen LogP contribution in [0.1, 0.15) is 47.0 Å². The summed E-state index contributed by atoms with van der Waals surface area (Å²) in [6.07, 6.45) is 1.41. The molecule has 1 fully saturated rings. The summed E-state index contributed by atoms with van der Waals surface area (Å²) >= 11 is 0. The second-order valence-corrected chi connectivity index (χ2v) is 6.42. The number of likely N-dealkylation sites (tertiary alicyclic amines) is 1. The Morgan fingerprint density at radius 3 is 2.65 bits per heavy atom. The average Bonchev–Trinajstić information content (AvgIpc) is 2.36. The average molecular weight is 280 g/mol. The summed E-state index contributed by atoms with van der Waals surface area (Å²) in [5, 5.41) is 8.60. The van der Waals surface area contributed by atoms with Crippen molar-refractivity contribution in [3.8, 4) is 6.07 Å². The predicted octanol–water partition coefficient (Wildman–Crippen LogP) is 2.75. The van der Waals surface area contributed by atoms with Crippen LogP contribution in [0.15, 0.2) is 0 Å². The van der Waals surface area contributed by atoms with Crippen LogP contribution in [0.25, 0.3) is 0 Å². The van der Waals surface area contributed by atoms with Crippen molar-refractivity contribution in [3.05, 3.63) is 0 Å². The van der Waals surface area contributed by atoms with Gasteiger partial charge in [0.2, 0.25) is 0 Å². The number of hydrogen-bond acceptors (Lipinski definition) is 4. The molecule has 0 aromatic carbocycles. The number of Topliss-reactive ketones (excluding diaryl/α,β-unsaturated/α-hetero) is 1. The summed E-state index contributed by atoms with van der Waals surface area (Å²) in [6.45, 7) is 8.57. The molecule has 2 atom stereocenters. The molecular weight excluding hydrogens is 256 g/mol. The summed E-state index contributed by atoms with van der Waals surface area (Å²) in [4.78, 5) is 25.5. The van der Waals surface area contributed by atoms with Crippen molar-refractivity contribution in [1.29, 1.82) is 5.26 Å². The van der Waals surface area contributed by atoms with Crippen molar-refractivity contribution < 1.29 is 14.3 Å². The largest absolute Gasteiger partial charge is 0.444 e. The Hall–Kier alpha value is -1.57. The highest BCUT2D eigenvalue weighted by Gasteiger charge is 2.32. The summed E-state index contributed by atoms with van der Waals surface area (Å²) < 4.78 is 5.36. The molecule has 2 unspecified atom stereocenters. The summed E-state index contributed by atoms with van der Waals surface area (Å²) in [7, 11) is 0. The van der Waals surface area contributed by atoms with E-state index in [1.165, 1.54) is 0 Å². The van der Waals surface area contributed by atoms with E-state index < -0.39 is 5.60 Å². The maximum absolute atomic E-state index is 12.0. The van der Waals surface area contributed by atoms with Crippen LogP contribution in [-0.4, -0.2) is 35.5 Å². The zero-order valence-corrected chi connectivity index (χ0v) is 12.8. The zero-order chi connectivity index (χ0) is 15.3. The summed E-state index contributed by atoms with van der Waals surface area (Å²) in [6, 6.07) is 1.90. The Bertz CT molecular complexity index is 406. The number of carbonyl (C=O) groups excluding carboxylic acids is 2. The molecule has 0 aromatic rings. The topological polar surface area (TPSA) is 70.4 Å². The highest BCUT2D eigenvalue weighted by molar-refractivity contribution is 5.82. The number of ketones is 1. The van der Waals surface area contributed by atoms with Crippen molar-refractivity contribution in [1.82, 2.24) is 4.90 Å². The molecule has 0 radical (unpaired) electrons. The molecule has 1 heterocycles. The normalized spacial score (nSPS) is 20.9. The van der Waals surface area contributed by atoms with Crippen molar-refractivity contribution in [3.63, 3.8) is 0 Å².